The van der Waals surface area contributed by atoms with Crippen molar-refractivity contribution in [3.63, 3.8) is 0 Å². The molecular weight excluding hydrogens is 411 g/mol. The summed E-state index contributed by atoms with van der Waals surface area (Å²) in [6.07, 6.45) is 2.73. The fourth-order valence-electron chi connectivity index (χ4n) is 2.87. The van der Waals surface area contributed by atoms with E-state index in [0.29, 0.717) is 0 Å². The molecule has 0 bridgehead atoms. The zero-order chi connectivity index (χ0) is 16.7. The molecule has 0 spiro atoms. The molecule has 1 aliphatic carbocycles. The molecule has 1 fully saturated rings. The Balaban J connectivity index is 0.00000288. The molecule has 2 rings (SSSR count). The van der Waals surface area contributed by atoms with Crippen LogP contribution >= 0.6 is 24.0 Å². The van der Waals surface area contributed by atoms with E-state index in [2.05, 4.69) is 71.6 Å². The van der Waals surface area contributed by atoms with Crippen LogP contribution in [0.25, 0.3) is 0 Å². The van der Waals surface area contributed by atoms with Gasteiger partial charge in [0.1, 0.15) is 0 Å². The number of guanidine groups is 1. The van der Waals surface area contributed by atoms with Crippen molar-refractivity contribution < 1.29 is 0 Å². The molecule has 0 saturated heterocycles. The highest BCUT2D eigenvalue weighted by Gasteiger charge is 2.27. The molecule has 0 atom stereocenters. The lowest BCUT2D eigenvalue weighted by molar-refractivity contribution is 0.282. The van der Waals surface area contributed by atoms with Crippen molar-refractivity contribution in [3.8, 4) is 0 Å². The maximum Gasteiger partial charge on any atom is 0.191 e. The van der Waals surface area contributed by atoms with Gasteiger partial charge in [-0.05, 0) is 24.9 Å². The van der Waals surface area contributed by atoms with Gasteiger partial charge in [-0.1, -0.05) is 51.1 Å². The van der Waals surface area contributed by atoms with Gasteiger partial charge in [-0.3, -0.25) is 9.89 Å². The van der Waals surface area contributed by atoms with Crippen molar-refractivity contribution >= 4 is 29.9 Å². The lowest BCUT2D eigenvalue weighted by Crippen LogP contribution is -2.45. The summed E-state index contributed by atoms with van der Waals surface area (Å²) < 4.78 is 0. The Hall–Kier alpha value is -0.820. The maximum atomic E-state index is 4.34. The molecule has 4 nitrogen and oxygen atoms in total. The number of halogens is 1. The summed E-state index contributed by atoms with van der Waals surface area (Å²) in [7, 11) is 1.84. The van der Waals surface area contributed by atoms with Crippen LogP contribution in [0.2, 0.25) is 0 Å². The molecule has 1 aliphatic rings. The van der Waals surface area contributed by atoms with Crippen LogP contribution in [0.5, 0.6) is 0 Å². The van der Waals surface area contributed by atoms with Gasteiger partial charge < -0.3 is 10.6 Å². The summed E-state index contributed by atoms with van der Waals surface area (Å²) in [6, 6.07) is 11.5. The van der Waals surface area contributed by atoms with Crippen LogP contribution in [0, 0.1) is 0 Å². The quantitative estimate of drug-likeness (QED) is 0.368. The van der Waals surface area contributed by atoms with E-state index in [0.717, 1.165) is 38.2 Å². The molecule has 1 saturated carbocycles. The van der Waals surface area contributed by atoms with Crippen LogP contribution in [0.4, 0.5) is 0 Å². The second-order valence-corrected chi connectivity index (χ2v) is 6.96. The molecule has 0 unspecified atom stereocenters. The third-order valence-corrected chi connectivity index (χ3v) is 4.64. The highest BCUT2D eigenvalue weighted by Crippen LogP contribution is 2.25. The van der Waals surface area contributed by atoms with Crippen molar-refractivity contribution in [3.05, 3.63) is 35.9 Å². The number of hydrogen-bond donors (Lipinski definition) is 2. The van der Waals surface area contributed by atoms with E-state index in [1.807, 2.05) is 7.05 Å². The van der Waals surface area contributed by atoms with Gasteiger partial charge in [0, 0.05) is 38.1 Å². The summed E-state index contributed by atoms with van der Waals surface area (Å²) in [5.41, 5.74) is 1.41. The molecule has 0 radical (unpaired) electrons. The Kier molecular flexibility index (Phi) is 9.05. The van der Waals surface area contributed by atoms with Crippen LogP contribution < -0.4 is 10.6 Å². The predicted molar refractivity (Wildman–Crippen MR) is 115 cm³/mol. The van der Waals surface area contributed by atoms with Crippen LogP contribution in [-0.2, 0) is 5.41 Å². The summed E-state index contributed by atoms with van der Waals surface area (Å²) in [6.45, 7) is 10.8. The van der Waals surface area contributed by atoms with E-state index in [1.165, 1.54) is 18.4 Å². The Morgan fingerprint density at radius 3 is 2.42 bits per heavy atom. The second kappa shape index (κ2) is 10.2. The first-order valence-corrected chi connectivity index (χ1v) is 8.81. The largest absolute Gasteiger partial charge is 0.356 e. The molecule has 0 aromatic heterocycles. The molecule has 1 aromatic carbocycles. The van der Waals surface area contributed by atoms with Crippen molar-refractivity contribution in [2.24, 2.45) is 4.99 Å². The molecule has 2 N–H and O–H groups in total. The Morgan fingerprint density at radius 2 is 1.88 bits per heavy atom. The Labute approximate surface area is 164 Å². The highest BCUT2D eigenvalue weighted by atomic mass is 127. The fraction of sp³-hybridized carbons (Fsp3) is 0.632. The molecule has 0 heterocycles. The minimum Gasteiger partial charge on any atom is -0.356 e. The van der Waals surface area contributed by atoms with Crippen LogP contribution in [0.1, 0.15) is 39.2 Å². The maximum absolute atomic E-state index is 4.34. The van der Waals surface area contributed by atoms with Gasteiger partial charge in [-0.2, -0.15) is 0 Å². The van der Waals surface area contributed by atoms with Gasteiger partial charge in [0.15, 0.2) is 5.96 Å². The van der Waals surface area contributed by atoms with E-state index in [-0.39, 0.29) is 29.4 Å². The van der Waals surface area contributed by atoms with Gasteiger partial charge in [0.05, 0.1) is 0 Å². The minimum absolute atomic E-state index is 0. The lowest BCUT2D eigenvalue weighted by atomic mass is 9.85. The number of benzene rings is 1. The van der Waals surface area contributed by atoms with Gasteiger partial charge in [-0.25, -0.2) is 0 Å². The van der Waals surface area contributed by atoms with E-state index in [9.17, 15) is 0 Å². The lowest BCUT2D eigenvalue weighted by Gasteiger charge is -2.27. The van der Waals surface area contributed by atoms with Gasteiger partial charge in [-0.15, -0.1) is 24.0 Å². The summed E-state index contributed by atoms with van der Waals surface area (Å²) in [4.78, 5) is 6.89. The van der Waals surface area contributed by atoms with Crippen molar-refractivity contribution in [1.82, 2.24) is 15.5 Å². The molecule has 1 aromatic rings. The smallest absolute Gasteiger partial charge is 0.191 e. The summed E-state index contributed by atoms with van der Waals surface area (Å²) in [5.74, 6) is 0.890. The number of likely N-dealkylation sites (N-methyl/N-ethyl adjacent to an activating group) is 1. The Morgan fingerprint density at radius 1 is 1.21 bits per heavy atom. The number of aliphatic imine (C=N–C) groups is 1. The second-order valence-electron chi connectivity index (χ2n) is 6.96. The average Bonchev–Trinajstić information content (AvgIpc) is 3.40. The van der Waals surface area contributed by atoms with Crippen molar-refractivity contribution in [2.75, 3.05) is 33.2 Å². The van der Waals surface area contributed by atoms with E-state index < -0.39 is 0 Å². The number of hydrogen-bond acceptors (Lipinski definition) is 2. The third-order valence-electron chi connectivity index (χ3n) is 4.64. The van der Waals surface area contributed by atoms with Crippen molar-refractivity contribution in [2.45, 2.75) is 45.1 Å². The third kappa shape index (κ3) is 6.59. The molecule has 5 heteroatoms. The van der Waals surface area contributed by atoms with E-state index in [4.69, 9.17) is 0 Å². The summed E-state index contributed by atoms with van der Waals surface area (Å²) in [5, 5.41) is 6.90. The van der Waals surface area contributed by atoms with E-state index in [1.54, 1.807) is 0 Å². The van der Waals surface area contributed by atoms with Gasteiger partial charge in [0.25, 0.3) is 0 Å². The molecule has 0 aliphatic heterocycles. The topological polar surface area (TPSA) is 39.7 Å². The standard InChI is InChI=1S/C19H32N4.HI/c1-5-23(17-11-12-17)14-13-21-18(20-4)22-15-19(2,3)16-9-7-6-8-10-16;/h6-10,17H,5,11-15H2,1-4H3,(H2,20,21,22);1H. The molecule has 136 valence electrons. The predicted octanol–water partition coefficient (Wildman–Crippen LogP) is 3.23. The number of nitrogens with one attached hydrogen (secondary N) is 2. The molecule has 0 amide bonds. The van der Waals surface area contributed by atoms with Gasteiger partial charge >= 0.3 is 0 Å². The van der Waals surface area contributed by atoms with Gasteiger partial charge in [0.2, 0.25) is 0 Å². The fourth-order valence-corrected chi connectivity index (χ4v) is 2.87. The first-order chi connectivity index (χ1) is 11.1. The highest BCUT2D eigenvalue weighted by molar-refractivity contribution is 14.0. The van der Waals surface area contributed by atoms with Crippen molar-refractivity contribution in [1.29, 1.82) is 0 Å². The normalized spacial score (nSPS) is 15.1. The van der Waals surface area contributed by atoms with Crippen LogP contribution in [-0.4, -0.2) is 50.1 Å². The zero-order valence-electron chi connectivity index (χ0n) is 15.5. The number of nitrogens with zero attached hydrogens (tertiary/aromatic N) is 2. The van der Waals surface area contributed by atoms with E-state index >= 15 is 0 Å². The Bertz CT molecular complexity index is 497. The average molecular weight is 444 g/mol. The van der Waals surface area contributed by atoms with Crippen LogP contribution in [0.3, 0.4) is 0 Å². The SMILES string of the molecule is CCN(CCNC(=NC)NCC(C)(C)c1ccccc1)C1CC1.I. The first kappa shape index (κ1) is 21.2. The zero-order valence-corrected chi connectivity index (χ0v) is 17.8. The number of rotatable bonds is 8. The molecular formula is C19H33IN4. The molecule has 24 heavy (non-hydrogen) atoms. The minimum atomic E-state index is 0. The summed E-state index contributed by atoms with van der Waals surface area (Å²) >= 11 is 0. The first-order valence-electron chi connectivity index (χ1n) is 8.81. The van der Waals surface area contributed by atoms with Crippen LogP contribution in [0.15, 0.2) is 35.3 Å². The monoisotopic (exact) mass is 444 g/mol.